The van der Waals surface area contributed by atoms with Crippen LogP contribution in [0.1, 0.15) is 26.7 Å². The fraction of sp³-hybridized carbons (Fsp3) is 0.818. The maximum Gasteiger partial charge on any atom is 0.0572 e. The molecule has 0 atom stereocenters. The van der Waals surface area contributed by atoms with Gasteiger partial charge in [0.2, 0.25) is 0 Å². The zero-order valence-corrected chi connectivity index (χ0v) is 9.55. The van der Waals surface area contributed by atoms with Gasteiger partial charge in [0.05, 0.1) is 7.11 Å². The lowest BCUT2D eigenvalue weighted by Gasteiger charge is -2.31. The smallest absolute Gasteiger partial charge is 0.0572 e. The number of hydrogen-bond acceptors (Lipinski definition) is 3. The van der Waals surface area contributed by atoms with E-state index in [0.29, 0.717) is 6.04 Å². The highest BCUT2D eigenvalue weighted by Gasteiger charge is 2.17. The van der Waals surface area contributed by atoms with Gasteiger partial charge in [-0.2, -0.15) is 5.48 Å². The van der Waals surface area contributed by atoms with Gasteiger partial charge in [0.15, 0.2) is 0 Å². The lowest BCUT2D eigenvalue weighted by Crippen LogP contribution is -2.42. The van der Waals surface area contributed by atoms with Crippen LogP contribution in [0.5, 0.6) is 0 Å². The number of nitrogens with one attached hydrogen (secondary N) is 1. The molecular formula is C11H22N2O. The molecule has 0 spiro atoms. The Bertz CT molecular complexity index is 180. The molecule has 0 aromatic heterocycles. The van der Waals surface area contributed by atoms with E-state index in [0.717, 1.165) is 6.54 Å². The van der Waals surface area contributed by atoms with Crippen molar-refractivity contribution in [1.29, 1.82) is 0 Å². The van der Waals surface area contributed by atoms with Gasteiger partial charge in [0.1, 0.15) is 0 Å². The summed E-state index contributed by atoms with van der Waals surface area (Å²) in [4.78, 5) is 7.42. The molecule has 82 valence electrons. The number of hydrogen-bond donors (Lipinski definition) is 1. The molecule has 0 aliphatic carbocycles. The third kappa shape index (κ3) is 4.22. The highest BCUT2D eigenvalue weighted by Crippen LogP contribution is 2.10. The van der Waals surface area contributed by atoms with Crippen LogP contribution in [0, 0.1) is 0 Å². The van der Waals surface area contributed by atoms with Crippen molar-refractivity contribution < 1.29 is 4.84 Å². The summed E-state index contributed by atoms with van der Waals surface area (Å²) < 4.78 is 0. The molecule has 1 rings (SSSR count). The predicted octanol–water partition coefficient (Wildman–Crippen LogP) is 1.57. The van der Waals surface area contributed by atoms with Gasteiger partial charge in [-0.15, -0.1) is 0 Å². The lowest BCUT2D eigenvalue weighted by molar-refractivity contribution is 0.0378. The van der Waals surface area contributed by atoms with Gasteiger partial charge in [0.25, 0.3) is 0 Å². The highest BCUT2D eigenvalue weighted by molar-refractivity contribution is 4.95. The van der Waals surface area contributed by atoms with E-state index >= 15 is 0 Å². The maximum atomic E-state index is 4.93. The number of nitrogens with zero attached hydrogens (tertiary/aromatic N) is 1. The standard InChI is InChI=1S/C11H22N2O/c1-10(2)4-7-13-8-5-11(6-9-13)12-14-3/h4,11-12H,5-9H2,1-3H3. The predicted molar refractivity (Wildman–Crippen MR) is 59.0 cm³/mol. The Balaban J connectivity index is 2.19. The summed E-state index contributed by atoms with van der Waals surface area (Å²) >= 11 is 0. The summed E-state index contributed by atoms with van der Waals surface area (Å²) in [5, 5.41) is 0. The Morgan fingerprint density at radius 1 is 1.43 bits per heavy atom. The van der Waals surface area contributed by atoms with E-state index in [2.05, 4.69) is 30.3 Å². The number of hydroxylamine groups is 1. The Hall–Kier alpha value is -0.380. The summed E-state index contributed by atoms with van der Waals surface area (Å²) in [7, 11) is 1.69. The van der Waals surface area contributed by atoms with Crippen molar-refractivity contribution in [3.05, 3.63) is 11.6 Å². The number of piperidine rings is 1. The topological polar surface area (TPSA) is 24.5 Å². The highest BCUT2D eigenvalue weighted by atomic mass is 16.6. The van der Waals surface area contributed by atoms with Crippen molar-refractivity contribution in [2.45, 2.75) is 32.7 Å². The number of rotatable bonds is 4. The van der Waals surface area contributed by atoms with E-state index in [-0.39, 0.29) is 0 Å². The first kappa shape index (κ1) is 11.7. The Kier molecular flexibility index (Phi) is 5.15. The van der Waals surface area contributed by atoms with Crippen molar-refractivity contribution >= 4 is 0 Å². The van der Waals surface area contributed by atoms with Crippen molar-refractivity contribution in [3.63, 3.8) is 0 Å². The normalized spacial score (nSPS) is 19.6. The van der Waals surface area contributed by atoms with Crippen molar-refractivity contribution in [2.24, 2.45) is 0 Å². The second-order valence-corrected chi connectivity index (χ2v) is 4.18. The monoisotopic (exact) mass is 198 g/mol. The zero-order chi connectivity index (χ0) is 10.4. The third-order valence-electron chi connectivity index (χ3n) is 2.63. The molecule has 1 N–H and O–H groups in total. The molecule has 1 heterocycles. The number of likely N-dealkylation sites (tertiary alicyclic amines) is 1. The molecule has 0 amide bonds. The largest absolute Gasteiger partial charge is 0.305 e. The van der Waals surface area contributed by atoms with Crippen LogP contribution >= 0.6 is 0 Å². The molecule has 1 saturated heterocycles. The molecule has 14 heavy (non-hydrogen) atoms. The van der Waals surface area contributed by atoms with Gasteiger partial charge < -0.3 is 4.84 Å². The molecule has 1 aliphatic heterocycles. The van der Waals surface area contributed by atoms with E-state index in [1.807, 2.05) is 0 Å². The second kappa shape index (κ2) is 6.17. The van der Waals surface area contributed by atoms with Gasteiger partial charge in [0, 0.05) is 25.7 Å². The molecule has 1 fully saturated rings. The quantitative estimate of drug-likeness (QED) is 0.548. The third-order valence-corrected chi connectivity index (χ3v) is 2.63. The second-order valence-electron chi connectivity index (χ2n) is 4.18. The van der Waals surface area contributed by atoms with Gasteiger partial charge >= 0.3 is 0 Å². The maximum absolute atomic E-state index is 4.93. The van der Waals surface area contributed by atoms with Crippen LogP contribution in [0.2, 0.25) is 0 Å². The van der Waals surface area contributed by atoms with Crippen LogP contribution in [0.3, 0.4) is 0 Å². The zero-order valence-electron chi connectivity index (χ0n) is 9.55. The van der Waals surface area contributed by atoms with Gasteiger partial charge in [-0.3, -0.25) is 4.90 Å². The van der Waals surface area contributed by atoms with Crippen LogP contribution in [0.25, 0.3) is 0 Å². The van der Waals surface area contributed by atoms with E-state index in [4.69, 9.17) is 4.84 Å². The van der Waals surface area contributed by atoms with Crippen LogP contribution < -0.4 is 5.48 Å². The summed E-state index contributed by atoms with van der Waals surface area (Å²) in [5.74, 6) is 0. The Morgan fingerprint density at radius 2 is 2.07 bits per heavy atom. The minimum atomic E-state index is 0.544. The van der Waals surface area contributed by atoms with Crippen LogP contribution in [-0.2, 0) is 4.84 Å². The SMILES string of the molecule is CONC1CCN(CC=C(C)C)CC1. The molecule has 0 bridgehead atoms. The summed E-state index contributed by atoms with van der Waals surface area (Å²) in [5.41, 5.74) is 4.43. The van der Waals surface area contributed by atoms with Crippen LogP contribution in [-0.4, -0.2) is 37.7 Å². The van der Waals surface area contributed by atoms with Crippen LogP contribution in [0.15, 0.2) is 11.6 Å². The Labute approximate surface area is 87.1 Å². The first-order valence-electron chi connectivity index (χ1n) is 5.36. The lowest BCUT2D eigenvalue weighted by atomic mass is 10.1. The van der Waals surface area contributed by atoms with Gasteiger partial charge in [-0.05, 0) is 26.7 Å². The number of allylic oxidation sites excluding steroid dienone is 1. The molecule has 3 heteroatoms. The summed E-state index contributed by atoms with van der Waals surface area (Å²) in [6, 6.07) is 0.544. The van der Waals surface area contributed by atoms with E-state index in [9.17, 15) is 0 Å². The van der Waals surface area contributed by atoms with Crippen molar-refractivity contribution in [1.82, 2.24) is 10.4 Å². The average molecular weight is 198 g/mol. The fourth-order valence-electron chi connectivity index (χ4n) is 1.71. The van der Waals surface area contributed by atoms with E-state index in [1.54, 1.807) is 7.11 Å². The molecule has 3 nitrogen and oxygen atoms in total. The van der Waals surface area contributed by atoms with Gasteiger partial charge in [-0.25, -0.2) is 0 Å². The molecule has 0 saturated carbocycles. The Morgan fingerprint density at radius 3 is 2.57 bits per heavy atom. The summed E-state index contributed by atoms with van der Waals surface area (Å²) in [6.07, 6.45) is 4.67. The first-order chi connectivity index (χ1) is 6.72. The molecule has 0 radical (unpaired) electrons. The average Bonchev–Trinajstić information content (AvgIpc) is 2.17. The molecule has 1 aliphatic rings. The van der Waals surface area contributed by atoms with Gasteiger partial charge in [-0.1, -0.05) is 11.6 Å². The molecule has 0 unspecified atom stereocenters. The first-order valence-corrected chi connectivity index (χ1v) is 5.36. The minimum Gasteiger partial charge on any atom is -0.305 e. The van der Waals surface area contributed by atoms with Crippen molar-refractivity contribution in [2.75, 3.05) is 26.7 Å². The van der Waals surface area contributed by atoms with Crippen LogP contribution in [0.4, 0.5) is 0 Å². The van der Waals surface area contributed by atoms with Crippen molar-refractivity contribution in [3.8, 4) is 0 Å². The summed E-state index contributed by atoms with van der Waals surface area (Å²) in [6.45, 7) is 7.75. The van der Waals surface area contributed by atoms with E-state index in [1.165, 1.54) is 31.5 Å². The molecular weight excluding hydrogens is 176 g/mol. The molecule has 0 aromatic rings. The van der Waals surface area contributed by atoms with E-state index < -0.39 is 0 Å². The molecule has 0 aromatic carbocycles. The minimum absolute atomic E-state index is 0.544. The fourth-order valence-corrected chi connectivity index (χ4v) is 1.71.